The highest BCUT2D eigenvalue weighted by Crippen LogP contribution is 2.35. The monoisotopic (exact) mass is 239 g/mol. The van der Waals surface area contributed by atoms with Gasteiger partial charge < -0.3 is 0 Å². The molecular weight excluding hydrogens is 237 g/mol. The minimum atomic E-state index is -3.02. The lowest BCUT2D eigenvalue weighted by atomic mass is 10.2. The van der Waals surface area contributed by atoms with E-state index in [1.165, 1.54) is 18.2 Å². The Morgan fingerprint density at radius 2 is 2.09 bits per heavy atom. The molecule has 1 aromatic carbocycles. The normalized spacial score (nSPS) is 11.6. The molecule has 0 aliphatic rings. The number of alkyl halides is 3. The minimum Gasteiger partial charge on any atom is -0.188 e. The molecule has 11 heavy (non-hydrogen) atoms. The summed E-state index contributed by atoms with van der Waals surface area (Å²) in [4.78, 5) is -3.02. The summed E-state index contributed by atoms with van der Waals surface area (Å²) in [5, 5.41) is 0.252. The number of hydrogen-bond acceptors (Lipinski definition) is 0. The molecule has 0 bridgehead atoms. The van der Waals surface area contributed by atoms with Gasteiger partial charge in [0.15, 0.2) is 0 Å². The molecule has 0 aliphatic carbocycles. The molecule has 0 fully saturated rings. The molecule has 0 N–H and O–H groups in total. The van der Waals surface area contributed by atoms with Crippen molar-refractivity contribution in [3.05, 3.63) is 34.9 Å². The number of halogens is 4. The Morgan fingerprint density at radius 3 is 2.45 bits per heavy atom. The molecule has 0 unspecified atom stereocenters. The van der Waals surface area contributed by atoms with E-state index in [0.717, 1.165) is 0 Å². The molecule has 0 amide bonds. The summed E-state index contributed by atoms with van der Waals surface area (Å²) in [5.41, 5.74) is -0.190. The maximum atomic E-state index is 12.5. The lowest BCUT2D eigenvalue weighted by Crippen LogP contribution is -2.01. The highest BCUT2D eigenvalue weighted by atomic mass is 79.9. The highest BCUT2D eigenvalue weighted by Gasteiger charge is 2.26. The van der Waals surface area contributed by atoms with Crippen LogP contribution >= 0.6 is 27.5 Å². The van der Waals surface area contributed by atoms with Crippen molar-refractivity contribution in [1.82, 2.24) is 0 Å². The van der Waals surface area contributed by atoms with E-state index < -0.39 is 4.83 Å². The van der Waals surface area contributed by atoms with Crippen molar-refractivity contribution in [2.45, 2.75) is 4.83 Å². The lowest BCUT2D eigenvalue weighted by molar-refractivity contribution is 0.114. The first kappa shape index (κ1) is 8.94. The van der Waals surface area contributed by atoms with Gasteiger partial charge in [-0.25, -0.2) is 0 Å². The van der Waals surface area contributed by atoms with E-state index in [4.69, 9.17) is 11.6 Å². The average Bonchev–Trinajstić information content (AvgIpc) is 1.86. The predicted molar refractivity (Wildman–Crippen MR) is 43.1 cm³/mol. The van der Waals surface area contributed by atoms with Crippen molar-refractivity contribution in [3.63, 3.8) is 0 Å². The molecule has 0 aliphatic heterocycles. The van der Waals surface area contributed by atoms with Gasteiger partial charge in [-0.2, -0.15) is 8.78 Å². The quantitative estimate of drug-likeness (QED) is 0.658. The van der Waals surface area contributed by atoms with Gasteiger partial charge in [0.1, 0.15) is 0 Å². The fourth-order valence-corrected chi connectivity index (χ4v) is 1.02. The highest BCUT2D eigenvalue weighted by molar-refractivity contribution is 9.09. The Morgan fingerprint density at radius 1 is 1.45 bits per heavy atom. The van der Waals surface area contributed by atoms with E-state index in [0.29, 0.717) is 0 Å². The van der Waals surface area contributed by atoms with Gasteiger partial charge in [-0.1, -0.05) is 11.6 Å². The van der Waals surface area contributed by atoms with Gasteiger partial charge in [0.25, 0.3) is 0 Å². The average molecular weight is 240 g/mol. The molecule has 1 aromatic rings. The maximum Gasteiger partial charge on any atom is 0.326 e. The molecule has 0 saturated heterocycles. The summed E-state index contributed by atoms with van der Waals surface area (Å²) in [6.07, 6.45) is 0. The van der Waals surface area contributed by atoms with Gasteiger partial charge in [-0.3, -0.25) is 0 Å². The molecule has 4 heteroatoms. The Hall–Kier alpha value is -0.150. The Bertz CT molecular complexity index is 257. The second kappa shape index (κ2) is 3.07. The van der Waals surface area contributed by atoms with E-state index in [1.807, 2.05) is 0 Å². The van der Waals surface area contributed by atoms with Crippen LogP contribution < -0.4 is 0 Å². The van der Waals surface area contributed by atoms with Crippen LogP contribution in [0.1, 0.15) is 5.56 Å². The van der Waals surface area contributed by atoms with Crippen LogP contribution in [0.4, 0.5) is 8.78 Å². The van der Waals surface area contributed by atoms with Crippen LogP contribution in [0.3, 0.4) is 0 Å². The lowest BCUT2D eigenvalue weighted by Gasteiger charge is -2.07. The molecule has 59 valence electrons. The molecule has 0 spiro atoms. The number of rotatable bonds is 1. The molecule has 0 saturated carbocycles. The minimum absolute atomic E-state index is 0.190. The predicted octanol–water partition coefficient (Wildman–Crippen LogP) is 3.58. The summed E-state index contributed by atoms with van der Waals surface area (Å²) < 4.78 is 24.9. The first-order chi connectivity index (χ1) is 5.00. The van der Waals surface area contributed by atoms with Gasteiger partial charge in [-0.15, -0.1) is 0 Å². The fourth-order valence-electron chi connectivity index (χ4n) is 0.607. The Balaban J connectivity index is 3.06. The second-order valence-corrected chi connectivity index (χ2v) is 3.37. The third-order valence-electron chi connectivity index (χ3n) is 1.08. The van der Waals surface area contributed by atoms with Crippen LogP contribution in [0.5, 0.6) is 0 Å². The molecule has 1 radical (unpaired) electrons. The van der Waals surface area contributed by atoms with Gasteiger partial charge in [0.05, 0.1) is 0 Å². The molecular formula is C7H3BrClF2. The van der Waals surface area contributed by atoms with Crippen molar-refractivity contribution < 1.29 is 8.78 Å². The summed E-state index contributed by atoms with van der Waals surface area (Å²) >= 11 is 7.67. The molecule has 0 nitrogen and oxygen atoms in total. The molecule has 0 heterocycles. The van der Waals surface area contributed by atoms with Crippen molar-refractivity contribution in [2.75, 3.05) is 0 Å². The van der Waals surface area contributed by atoms with Gasteiger partial charge in [0, 0.05) is 10.6 Å². The molecule has 0 aromatic heterocycles. The summed E-state index contributed by atoms with van der Waals surface area (Å²) in [6.45, 7) is 0. The SMILES string of the molecule is FC(F)(Br)c1c[c]cc(Cl)c1. The van der Waals surface area contributed by atoms with E-state index in [1.54, 1.807) is 0 Å². The smallest absolute Gasteiger partial charge is 0.188 e. The van der Waals surface area contributed by atoms with Crippen LogP contribution in [0, 0.1) is 6.07 Å². The number of hydrogen-bond donors (Lipinski definition) is 0. The largest absolute Gasteiger partial charge is 0.326 e. The number of benzene rings is 1. The second-order valence-electron chi connectivity index (χ2n) is 1.94. The van der Waals surface area contributed by atoms with Gasteiger partial charge >= 0.3 is 4.83 Å². The van der Waals surface area contributed by atoms with Crippen LogP contribution in [-0.2, 0) is 4.83 Å². The van der Waals surface area contributed by atoms with E-state index in [9.17, 15) is 8.78 Å². The van der Waals surface area contributed by atoms with Crippen LogP contribution in [-0.4, -0.2) is 0 Å². The summed E-state index contributed by atoms with van der Waals surface area (Å²) in [6, 6.07) is 6.28. The fraction of sp³-hybridized carbons (Fsp3) is 0.143. The van der Waals surface area contributed by atoms with Crippen LogP contribution in [0.25, 0.3) is 0 Å². The van der Waals surface area contributed by atoms with E-state index in [2.05, 4.69) is 22.0 Å². The molecule has 1 rings (SSSR count). The summed E-state index contributed by atoms with van der Waals surface area (Å²) in [5.74, 6) is 0. The Labute approximate surface area is 76.3 Å². The third kappa shape index (κ3) is 2.42. The van der Waals surface area contributed by atoms with Crippen molar-refractivity contribution in [3.8, 4) is 0 Å². The van der Waals surface area contributed by atoms with Gasteiger partial charge in [0.2, 0.25) is 0 Å². The van der Waals surface area contributed by atoms with Crippen molar-refractivity contribution in [1.29, 1.82) is 0 Å². The van der Waals surface area contributed by atoms with E-state index >= 15 is 0 Å². The van der Waals surface area contributed by atoms with E-state index in [-0.39, 0.29) is 10.6 Å². The zero-order chi connectivity index (χ0) is 8.48. The van der Waals surface area contributed by atoms with Crippen molar-refractivity contribution >= 4 is 27.5 Å². The first-order valence-corrected chi connectivity index (χ1v) is 3.91. The van der Waals surface area contributed by atoms with Crippen LogP contribution in [0.2, 0.25) is 5.02 Å². The van der Waals surface area contributed by atoms with Gasteiger partial charge in [-0.05, 0) is 40.2 Å². The zero-order valence-electron chi connectivity index (χ0n) is 5.24. The molecule has 0 atom stereocenters. The first-order valence-electron chi connectivity index (χ1n) is 2.74. The zero-order valence-corrected chi connectivity index (χ0v) is 7.59. The maximum absolute atomic E-state index is 12.5. The third-order valence-corrected chi connectivity index (χ3v) is 1.76. The van der Waals surface area contributed by atoms with Crippen LogP contribution in [0.15, 0.2) is 18.2 Å². The topological polar surface area (TPSA) is 0 Å². The summed E-state index contributed by atoms with van der Waals surface area (Å²) in [7, 11) is 0. The standard InChI is InChI=1S/C7H3BrClF2/c8-7(10,11)5-2-1-3-6(9)4-5/h2-4H. The van der Waals surface area contributed by atoms with Crippen molar-refractivity contribution in [2.24, 2.45) is 0 Å². The Kier molecular flexibility index (Phi) is 2.50.